The van der Waals surface area contributed by atoms with Crippen LogP contribution in [-0.4, -0.2) is 29.9 Å². The third-order valence-corrected chi connectivity index (χ3v) is 7.14. The molecule has 0 aliphatic carbocycles. The first-order valence-electron chi connectivity index (χ1n) is 12.2. The van der Waals surface area contributed by atoms with Gasteiger partial charge < -0.3 is 19.2 Å². The third-order valence-electron chi connectivity index (χ3n) is 6.29. The van der Waals surface area contributed by atoms with E-state index in [4.69, 9.17) is 49.0 Å². The molecule has 0 saturated carbocycles. The van der Waals surface area contributed by atoms with Crippen LogP contribution in [0.4, 0.5) is 0 Å². The summed E-state index contributed by atoms with van der Waals surface area (Å²) in [5.41, 5.74) is 5.14. The molecule has 0 unspecified atom stereocenters. The van der Waals surface area contributed by atoms with Gasteiger partial charge >= 0.3 is 5.97 Å². The van der Waals surface area contributed by atoms with Crippen LogP contribution >= 0.6 is 34.8 Å². The molecule has 0 fully saturated rings. The van der Waals surface area contributed by atoms with E-state index in [0.29, 0.717) is 59.7 Å². The summed E-state index contributed by atoms with van der Waals surface area (Å²) in [6.07, 6.45) is 1.38. The number of hydrogen-bond acceptors (Lipinski definition) is 6. The van der Waals surface area contributed by atoms with Crippen LogP contribution in [0.25, 0.3) is 22.0 Å². The average Bonchev–Trinajstić information content (AvgIpc) is 3.59. The van der Waals surface area contributed by atoms with Gasteiger partial charge in [-0.05, 0) is 48.5 Å². The zero-order chi connectivity index (χ0) is 28.5. The minimum atomic E-state index is -0.591. The topological polar surface area (TPSA) is 102 Å². The minimum Gasteiger partial charge on any atom is -0.454 e. The molecule has 11 heteroatoms. The molecule has 1 aliphatic rings. The first-order valence-corrected chi connectivity index (χ1v) is 13.3. The molecule has 0 atom stereocenters. The Morgan fingerprint density at radius 2 is 1.68 bits per heavy atom. The van der Waals surface area contributed by atoms with Gasteiger partial charge in [0.05, 0.1) is 22.3 Å². The second kappa shape index (κ2) is 11.2. The Morgan fingerprint density at radius 3 is 2.54 bits per heavy atom. The number of aromatic amines is 1. The molecule has 0 bridgehead atoms. The Balaban J connectivity index is 1.26. The lowest BCUT2D eigenvalue weighted by Crippen LogP contribution is -2.19. The largest absolute Gasteiger partial charge is 0.454 e. The van der Waals surface area contributed by atoms with Crippen LogP contribution in [0.5, 0.6) is 17.2 Å². The molecule has 1 amide bonds. The number of aromatic nitrogens is 1. The van der Waals surface area contributed by atoms with Gasteiger partial charge in [-0.2, -0.15) is 5.10 Å². The van der Waals surface area contributed by atoms with Crippen molar-refractivity contribution in [3.63, 3.8) is 0 Å². The monoisotopic (exact) mass is 605 g/mol. The summed E-state index contributed by atoms with van der Waals surface area (Å²) in [7, 11) is 0. The lowest BCUT2D eigenvalue weighted by molar-refractivity contribution is 0.0733. The Kier molecular flexibility index (Phi) is 7.28. The van der Waals surface area contributed by atoms with Crippen LogP contribution in [0.3, 0.4) is 0 Å². The molecule has 8 nitrogen and oxygen atoms in total. The molecule has 5 aromatic rings. The number of benzene rings is 4. The van der Waals surface area contributed by atoms with E-state index in [1.54, 1.807) is 72.8 Å². The van der Waals surface area contributed by atoms with Crippen molar-refractivity contribution >= 4 is 63.8 Å². The van der Waals surface area contributed by atoms with E-state index in [0.717, 1.165) is 0 Å². The molecule has 0 radical (unpaired) electrons. The zero-order valence-electron chi connectivity index (χ0n) is 20.9. The molecule has 2 N–H and O–H groups in total. The van der Waals surface area contributed by atoms with Gasteiger partial charge in [-0.3, -0.25) is 4.79 Å². The average molecular weight is 607 g/mol. The normalized spacial score (nSPS) is 12.2. The van der Waals surface area contributed by atoms with E-state index in [1.165, 1.54) is 6.21 Å². The second-order valence-electron chi connectivity index (χ2n) is 8.86. The maximum Gasteiger partial charge on any atom is 0.343 e. The summed E-state index contributed by atoms with van der Waals surface area (Å²) in [5.74, 6) is 0.133. The highest BCUT2D eigenvalue weighted by atomic mass is 35.5. The van der Waals surface area contributed by atoms with Crippen LogP contribution in [0.15, 0.2) is 84.0 Å². The fraction of sp³-hybridized carbons (Fsp3) is 0.0333. The fourth-order valence-electron chi connectivity index (χ4n) is 4.41. The Bertz CT molecular complexity index is 1870. The molecule has 0 spiro atoms. The number of hydrogen-bond donors (Lipinski definition) is 2. The van der Waals surface area contributed by atoms with Crippen LogP contribution in [0.2, 0.25) is 15.1 Å². The Hall–Kier alpha value is -4.50. The summed E-state index contributed by atoms with van der Waals surface area (Å²) < 4.78 is 16.2. The molecule has 2 heterocycles. The smallest absolute Gasteiger partial charge is 0.343 e. The van der Waals surface area contributed by atoms with E-state index in [1.807, 2.05) is 6.07 Å². The molecule has 0 saturated heterocycles. The van der Waals surface area contributed by atoms with Gasteiger partial charge in [-0.15, -0.1) is 0 Å². The summed E-state index contributed by atoms with van der Waals surface area (Å²) >= 11 is 19.2. The van der Waals surface area contributed by atoms with E-state index < -0.39 is 11.9 Å². The van der Waals surface area contributed by atoms with Gasteiger partial charge in [0.25, 0.3) is 5.91 Å². The van der Waals surface area contributed by atoms with Crippen LogP contribution in [0.1, 0.15) is 26.4 Å². The highest BCUT2D eigenvalue weighted by molar-refractivity contribution is 6.39. The Labute approximate surface area is 248 Å². The number of ether oxygens (including phenoxy) is 3. The highest BCUT2D eigenvalue weighted by Gasteiger charge is 2.23. The van der Waals surface area contributed by atoms with Crippen LogP contribution < -0.4 is 19.6 Å². The van der Waals surface area contributed by atoms with Gasteiger partial charge in [0.15, 0.2) is 11.5 Å². The van der Waals surface area contributed by atoms with E-state index in [-0.39, 0.29) is 18.2 Å². The third kappa shape index (κ3) is 5.32. The van der Waals surface area contributed by atoms with Gasteiger partial charge in [-0.1, -0.05) is 65.1 Å². The number of rotatable bonds is 6. The number of nitrogens with one attached hydrogen (secondary N) is 2. The quantitative estimate of drug-likeness (QED) is 0.0902. The van der Waals surface area contributed by atoms with Crippen molar-refractivity contribution in [1.29, 1.82) is 0 Å². The number of esters is 1. The maximum absolute atomic E-state index is 13.4. The van der Waals surface area contributed by atoms with Crippen molar-refractivity contribution in [2.75, 3.05) is 6.79 Å². The van der Waals surface area contributed by atoms with Gasteiger partial charge in [-0.25, -0.2) is 10.2 Å². The predicted molar refractivity (Wildman–Crippen MR) is 158 cm³/mol. The maximum atomic E-state index is 13.4. The summed E-state index contributed by atoms with van der Waals surface area (Å²) in [4.78, 5) is 29.2. The van der Waals surface area contributed by atoms with E-state index in [9.17, 15) is 9.59 Å². The highest BCUT2D eigenvalue weighted by Crippen LogP contribution is 2.40. The van der Waals surface area contributed by atoms with Crippen molar-refractivity contribution in [2.24, 2.45) is 5.10 Å². The summed E-state index contributed by atoms with van der Waals surface area (Å²) in [6, 6.07) is 22.0. The van der Waals surface area contributed by atoms with Gasteiger partial charge in [0.2, 0.25) is 6.79 Å². The number of halogens is 3. The molecule has 6 rings (SSSR count). The lowest BCUT2D eigenvalue weighted by atomic mass is 10.0. The van der Waals surface area contributed by atoms with E-state index in [2.05, 4.69) is 15.5 Å². The minimum absolute atomic E-state index is 0.0953. The van der Waals surface area contributed by atoms with Gasteiger partial charge in [0, 0.05) is 32.1 Å². The molecule has 204 valence electrons. The van der Waals surface area contributed by atoms with Crippen molar-refractivity contribution in [1.82, 2.24) is 10.4 Å². The van der Waals surface area contributed by atoms with E-state index >= 15 is 0 Å². The first-order chi connectivity index (χ1) is 19.9. The SMILES string of the molecule is O=C(Oc1ccccc1C=NNC(=O)c1[nH]c2c(Cl)cc(Cl)cc2c1-c1ccccc1Cl)c1ccc2c(c1)OCO2. The fourth-order valence-corrected chi connectivity index (χ4v) is 5.18. The van der Waals surface area contributed by atoms with Crippen molar-refractivity contribution in [3.8, 4) is 28.4 Å². The lowest BCUT2D eigenvalue weighted by Gasteiger charge is -2.08. The molecular weight excluding hydrogens is 589 g/mol. The van der Waals surface area contributed by atoms with Crippen LogP contribution in [0, 0.1) is 0 Å². The number of carbonyl (C=O) groups is 2. The summed E-state index contributed by atoms with van der Waals surface area (Å²) in [6.45, 7) is 0.0953. The first kappa shape index (κ1) is 26.7. The van der Waals surface area contributed by atoms with Crippen molar-refractivity contribution < 1.29 is 23.8 Å². The molecule has 41 heavy (non-hydrogen) atoms. The Morgan fingerprint density at radius 1 is 0.902 bits per heavy atom. The zero-order valence-corrected chi connectivity index (χ0v) is 23.2. The summed E-state index contributed by atoms with van der Waals surface area (Å²) in [5, 5.41) is 5.94. The van der Waals surface area contributed by atoms with Crippen molar-refractivity contribution in [3.05, 3.63) is 111 Å². The molecule has 4 aromatic carbocycles. The molecular formula is C30H18Cl3N3O5. The number of nitrogens with zero attached hydrogens (tertiary/aromatic N) is 1. The van der Waals surface area contributed by atoms with Crippen molar-refractivity contribution in [2.45, 2.75) is 0 Å². The number of amides is 1. The molecule has 1 aromatic heterocycles. The predicted octanol–water partition coefficient (Wildman–Crippen LogP) is 7.51. The standard InChI is InChI=1S/C30H18Cl3N3O5/c31-18-12-20-26(19-6-2-3-7-21(19)32)28(35-27(20)22(33)13-18)29(37)36-34-14-17-5-1-4-8-23(17)41-30(38)16-9-10-24-25(11-16)40-15-39-24/h1-14,35H,15H2,(H,36,37). The number of fused-ring (bicyclic) bond motifs is 2. The number of H-pyrrole nitrogens is 1. The number of carbonyl (C=O) groups excluding carboxylic acids is 2. The second-order valence-corrected chi connectivity index (χ2v) is 10.1. The van der Waals surface area contributed by atoms with Gasteiger partial charge in [0.1, 0.15) is 11.4 Å². The number of hydrazone groups is 1. The molecule has 1 aliphatic heterocycles. The number of para-hydroxylation sites is 1. The van der Waals surface area contributed by atoms with Crippen LogP contribution in [-0.2, 0) is 0 Å².